The van der Waals surface area contributed by atoms with Crippen molar-refractivity contribution in [2.24, 2.45) is 5.92 Å². The van der Waals surface area contributed by atoms with Crippen LogP contribution in [-0.4, -0.2) is 31.4 Å². The molecule has 5 nitrogen and oxygen atoms in total. The van der Waals surface area contributed by atoms with E-state index in [9.17, 15) is 8.42 Å². The van der Waals surface area contributed by atoms with Crippen molar-refractivity contribution in [2.75, 3.05) is 12.8 Å². The lowest BCUT2D eigenvalue weighted by atomic mass is 10.2. The summed E-state index contributed by atoms with van der Waals surface area (Å²) in [6.07, 6.45) is 1.23. The lowest BCUT2D eigenvalue weighted by molar-refractivity contribution is 0.549. The molecule has 0 aromatic carbocycles. The summed E-state index contributed by atoms with van der Waals surface area (Å²) < 4.78 is 22.4. The van der Waals surface area contributed by atoms with Crippen LogP contribution >= 0.6 is 11.3 Å². The van der Waals surface area contributed by atoms with Crippen LogP contribution in [0, 0.1) is 5.92 Å². The van der Waals surface area contributed by atoms with Gasteiger partial charge in [-0.05, 0) is 26.3 Å². The summed E-state index contributed by atoms with van der Waals surface area (Å²) in [6.45, 7) is 9.12. The van der Waals surface area contributed by atoms with Gasteiger partial charge in [0.2, 0.25) is 0 Å². The molecule has 0 saturated heterocycles. The molecule has 0 bridgehead atoms. The van der Waals surface area contributed by atoms with E-state index >= 15 is 0 Å². The van der Waals surface area contributed by atoms with Crippen LogP contribution in [0.15, 0.2) is 0 Å². The summed E-state index contributed by atoms with van der Waals surface area (Å²) in [6, 6.07) is 0. The van der Waals surface area contributed by atoms with E-state index in [4.69, 9.17) is 0 Å². The molecule has 1 heterocycles. The van der Waals surface area contributed by atoms with Crippen molar-refractivity contribution in [1.82, 2.24) is 15.5 Å². The van der Waals surface area contributed by atoms with Gasteiger partial charge in [0.15, 0.2) is 9.84 Å². The highest BCUT2D eigenvalue weighted by atomic mass is 32.2. The largest absolute Gasteiger partial charge is 0.310 e. The Hall–Kier alpha value is -0.530. The highest BCUT2D eigenvalue weighted by Crippen LogP contribution is 2.31. The molecule has 1 rings (SSSR count). The Labute approximate surface area is 113 Å². The smallest absolute Gasteiger partial charge is 0.159 e. The Morgan fingerprint density at radius 2 is 1.94 bits per heavy atom. The Morgan fingerprint density at radius 3 is 2.44 bits per heavy atom. The quantitative estimate of drug-likeness (QED) is 0.861. The zero-order chi connectivity index (χ0) is 14.0. The van der Waals surface area contributed by atoms with E-state index in [1.165, 1.54) is 17.6 Å². The summed E-state index contributed by atoms with van der Waals surface area (Å²) in [5.74, 6) is 0.574. The van der Waals surface area contributed by atoms with Crippen LogP contribution in [0.3, 0.4) is 0 Å². The minimum atomic E-state index is -3.19. The van der Waals surface area contributed by atoms with Crippen LogP contribution in [-0.2, 0) is 21.1 Å². The second-order valence-corrected chi connectivity index (χ2v) is 8.94. The number of hydrogen-bond donors (Lipinski definition) is 1. The van der Waals surface area contributed by atoms with E-state index in [1.54, 1.807) is 13.8 Å². The van der Waals surface area contributed by atoms with Crippen LogP contribution in [0.2, 0.25) is 0 Å². The molecular formula is C11H21N3O2S2. The number of rotatable bonds is 6. The second kappa shape index (κ2) is 5.63. The van der Waals surface area contributed by atoms with Gasteiger partial charge in [-0.25, -0.2) is 8.42 Å². The van der Waals surface area contributed by atoms with Crippen LogP contribution in [0.4, 0.5) is 0 Å². The maximum absolute atomic E-state index is 11.7. The van der Waals surface area contributed by atoms with Gasteiger partial charge in [0.25, 0.3) is 0 Å². The summed E-state index contributed by atoms with van der Waals surface area (Å²) in [5.41, 5.74) is 0. The first-order valence-corrected chi connectivity index (χ1v) is 8.58. The number of sulfone groups is 1. The molecule has 0 unspecified atom stereocenters. The van der Waals surface area contributed by atoms with E-state index in [1.807, 2.05) is 0 Å². The standard InChI is InChI=1S/C11H21N3O2S2/c1-8(2)6-12-7-9-13-14-10(17-9)11(3,4)18(5,15)16/h8,12H,6-7H2,1-5H3. The molecule has 1 aromatic rings. The molecule has 0 aliphatic carbocycles. The molecule has 0 saturated carbocycles. The van der Waals surface area contributed by atoms with Gasteiger partial charge in [0.05, 0.1) is 0 Å². The lowest BCUT2D eigenvalue weighted by Gasteiger charge is -2.18. The van der Waals surface area contributed by atoms with Crippen molar-refractivity contribution in [3.8, 4) is 0 Å². The van der Waals surface area contributed by atoms with Gasteiger partial charge in [-0.3, -0.25) is 0 Å². The fourth-order valence-corrected chi connectivity index (χ4v) is 2.94. The summed E-state index contributed by atoms with van der Waals surface area (Å²) in [5, 5.41) is 12.7. The van der Waals surface area contributed by atoms with Gasteiger partial charge < -0.3 is 5.32 Å². The Morgan fingerprint density at radius 1 is 1.33 bits per heavy atom. The molecule has 0 amide bonds. The second-order valence-electron chi connectivity index (χ2n) is 5.31. The highest BCUT2D eigenvalue weighted by Gasteiger charge is 2.36. The molecule has 1 N–H and O–H groups in total. The van der Waals surface area contributed by atoms with Gasteiger partial charge in [0, 0.05) is 12.8 Å². The number of aromatic nitrogens is 2. The summed E-state index contributed by atoms with van der Waals surface area (Å²) in [7, 11) is -3.19. The number of nitrogens with zero attached hydrogens (tertiary/aromatic N) is 2. The van der Waals surface area contributed by atoms with Gasteiger partial charge >= 0.3 is 0 Å². The van der Waals surface area contributed by atoms with Gasteiger partial charge in [-0.15, -0.1) is 10.2 Å². The molecular weight excluding hydrogens is 270 g/mol. The third-order valence-corrected chi connectivity index (χ3v) is 6.16. The fourth-order valence-electron chi connectivity index (χ4n) is 1.19. The van der Waals surface area contributed by atoms with Gasteiger partial charge in [0.1, 0.15) is 14.8 Å². The molecule has 1 aromatic heterocycles. The summed E-state index contributed by atoms with van der Waals surface area (Å²) >= 11 is 1.35. The van der Waals surface area contributed by atoms with Crippen molar-refractivity contribution in [3.05, 3.63) is 10.0 Å². The molecule has 7 heteroatoms. The SMILES string of the molecule is CC(C)CNCc1nnc(C(C)(C)S(C)(=O)=O)s1. The average molecular weight is 291 g/mol. The third-order valence-electron chi connectivity index (χ3n) is 2.74. The first-order valence-electron chi connectivity index (χ1n) is 5.87. The monoisotopic (exact) mass is 291 g/mol. The average Bonchev–Trinajstić information content (AvgIpc) is 2.64. The molecule has 0 aliphatic heterocycles. The number of nitrogens with one attached hydrogen (secondary N) is 1. The molecule has 0 fully saturated rings. The van der Waals surface area contributed by atoms with Crippen LogP contribution in [0.5, 0.6) is 0 Å². The van der Waals surface area contributed by atoms with Gasteiger partial charge in [-0.1, -0.05) is 25.2 Å². The van der Waals surface area contributed by atoms with E-state index < -0.39 is 14.6 Å². The Balaban J connectivity index is 2.75. The molecule has 0 atom stereocenters. The fraction of sp³-hybridized carbons (Fsp3) is 0.818. The molecule has 0 aliphatic rings. The van der Waals surface area contributed by atoms with Crippen molar-refractivity contribution in [2.45, 2.75) is 39.0 Å². The zero-order valence-electron chi connectivity index (χ0n) is 11.5. The Kier molecular flexibility index (Phi) is 4.85. The first-order chi connectivity index (χ1) is 8.14. The van der Waals surface area contributed by atoms with Crippen LogP contribution in [0.1, 0.15) is 37.7 Å². The van der Waals surface area contributed by atoms with Crippen LogP contribution in [0.25, 0.3) is 0 Å². The van der Waals surface area contributed by atoms with Crippen molar-refractivity contribution in [1.29, 1.82) is 0 Å². The first kappa shape index (κ1) is 15.5. The molecule has 0 radical (unpaired) electrons. The normalized spacial score (nSPS) is 13.2. The summed E-state index contributed by atoms with van der Waals surface area (Å²) in [4.78, 5) is 0. The zero-order valence-corrected chi connectivity index (χ0v) is 13.2. The predicted molar refractivity (Wildman–Crippen MR) is 74.3 cm³/mol. The molecule has 0 spiro atoms. The molecule has 104 valence electrons. The predicted octanol–water partition coefficient (Wildman–Crippen LogP) is 1.56. The van der Waals surface area contributed by atoms with E-state index in [0.717, 1.165) is 11.6 Å². The van der Waals surface area contributed by atoms with E-state index in [2.05, 4.69) is 29.4 Å². The number of hydrogen-bond acceptors (Lipinski definition) is 6. The Bertz CT molecular complexity index is 492. The minimum absolute atomic E-state index is 0.548. The third kappa shape index (κ3) is 3.73. The maximum Gasteiger partial charge on any atom is 0.159 e. The van der Waals surface area contributed by atoms with Crippen molar-refractivity contribution in [3.63, 3.8) is 0 Å². The van der Waals surface area contributed by atoms with E-state index in [0.29, 0.717) is 17.5 Å². The minimum Gasteiger partial charge on any atom is -0.310 e. The van der Waals surface area contributed by atoms with Gasteiger partial charge in [-0.2, -0.15) is 0 Å². The van der Waals surface area contributed by atoms with E-state index in [-0.39, 0.29) is 0 Å². The van der Waals surface area contributed by atoms with Crippen LogP contribution < -0.4 is 5.32 Å². The highest BCUT2D eigenvalue weighted by molar-refractivity contribution is 7.91. The van der Waals surface area contributed by atoms with Crippen molar-refractivity contribution < 1.29 is 8.42 Å². The maximum atomic E-state index is 11.7. The lowest BCUT2D eigenvalue weighted by Crippen LogP contribution is -2.27. The topological polar surface area (TPSA) is 72.0 Å². The van der Waals surface area contributed by atoms with Crippen molar-refractivity contribution >= 4 is 21.2 Å². The molecule has 18 heavy (non-hydrogen) atoms.